The van der Waals surface area contributed by atoms with Crippen LogP contribution in [0.2, 0.25) is 0 Å². The van der Waals surface area contributed by atoms with Crippen molar-refractivity contribution in [2.24, 2.45) is 0 Å². The summed E-state index contributed by atoms with van der Waals surface area (Å²) in [4.78, 5) is 29.0. The van der Waals surface area contributed by atoms with Gasteiger partial charge in [-0.2, -0.15) is 0 Å². The highest BCUT2D eigenvalue weighted by Gasteiger charge is 2.30. The van der Waals surface area contributed by atoms with Crippen LogP contribution in [0.4, 0.5) is 4.39 Å². The summed E-state index contributed by atoms with van der Waals surface area (Å²) in [5, 5.41) is 1.42. The lowest BCUT2D eigenvalue weighted by molar-refractivity contribution is -0.135. The summed E-state index contributed by atoms with van der Waals surface area (Å²) in [6, 6.07) is 11.2. The third-order valence-corrected chi connectivity index (χ3v) is 12.4. The minimum absolute atomic E-state index is 0.0381. The normalized spacial score (nSPS) is 16.3. The molecule has 2 amide bonds. The van der Waals surface area contributed by atoms with Crippen molar-refractivity contribution in [2.75, 3.05) is 26.3 Å². The van der Waals surface area contributed by atoms with Crippen LogP contribution in [-0.2, 0) is 26.1 Å². The second-order valence-electron chi connectivity index (χ2n) is 12.0. The van der Waals surface area contributed by atoms with E-state index in [1.54, 1.807) is 36.5 Å². The maximum Gasteiger partial charge on any atom is 0.274 e. The van der Waals surface area contributed by atoms with Gasteiger partial charge in [0.05, 0.1) is 37.0 Å². The third kappa shape index (κ3) is 5.62. The minimum atomic E-state index is -4.26. The number of hydrogen-bond acceptors (Lipinski definition) is 7. The summed E-state index contributed by atoms with van der Waals surface area (Å²) < 4.78 is 56.5. The van der Waals surface area contributed by atoms with Gasteiger partial charge in [-0.3, -0.25) is 9.59 Å². The third-order valence-electron chi connectivity index (χ3n) is 9.16. The molecule has 1 aliphatic carbocycles. The zero-order valence-electron chi connectivity index (χ0n) is 25.4. The molecule has 7 rings (SSSR count). The quantitative estimate of drug-likeness (QED) is 0.210. The Morgan fingerprint density at radius 2 is 1.80 bits per heavy atom. The number of nitrogens with one attached hydrogen (secondary N) is 1. The molecule has 9 nitrogen and oxygen atoms in total. The molecule has 2 fully saturated rings. The second kappa shape index (κ2) is 12.3. The van der Waals surface area contributed by atoms with E-state index < -0.39 is 21.7 Å². The van der Waals surface area contributed by atoms with Crippen molar-refractivity contribution >= 4 is 54.2 Å². The molecular weight excluding hydrogens is 630 g/mol. The summed E-state index contributed by atoms with van der Waals surface area (Å²) in [6.45, 7) is 3.62. The Labute approximate surface area is 270 Å². The van der Waals surface area contributed by atoms with Gasteiger partial charge in [-0.05, 0) is 78.6 Å². The van der Waals surface area contributed by atoms with Crippen LogP contribution in [0.3, 0.4) is 0 Å². The van der Waals surface area contributed by atoms with Crippen LogP contribution in [0, 0.1) is 12.7 Å². The Balaban J connectivity index is 1.31. The Morgan fingerprint density at radius 3 is 2.54 bits per heavy atom. The molecule has 5 aromatic rings. The summed E-state index contributed by atoms with van der Waals surface area (Å²) in [7, 11) is -4.26. The van der Waals surface area contributed by atoms with E-state index in [0.29, 0.717) is 47.5 Å². The van der Waals surface area contributed by atoms with E-state index in [0.717, 1.165) is 59.2 Å². The van der Waals surface area contributed by atoms with Crippen LogP contribution >= 0.6 is 11.3 Å². The Bertz CT molecular complexity index is 2050. The number of aryl methyl sites for hydroxylation is 1. The van der Waals surface area contributed by atoms with Gasteiger partial charge < -0.3 is 18.6 Å². The van der Waals surface area contributed by atoms with Gasteiger partial charge in [-0.1, -0.05) is 25.3 Å². The number of benzene rings is 2. The first kappa shape index (κ1) is 30.6. The lowest BCUT2D eigenvalue weighted by atomic mass is 9.82. The topological polar surface area (TPSA) is 111 Å². The van der Waals surface area contributed by atoms with Crippen molar-refractivity contribution in [1.29, 1.82) is 0 Å². The van der Waals surface area contributed by atoms with Crippen LogP contribution in [-0.4, -0.2) is 56.0 Å². The fourth-order valence-electron chi connectivity index (χ4n) is 6.90. The Morgan fingerprint density at radius 1 is 1.02 bits per heavy atom. The first-order valence-corrected chi connectivity index (χ1v) is 17.8. The van der Waals surface area contributed by atoms with Crippen molar-refractivity contribution < 1.29 is 31.6 Å². The van der Waals surface area contributed by atoms with Crippen LogP contribution in [0.15, 0.2) is 63.6 Å². The van der Waals surface area contributed by atoms with E-state index in [2.05, 4.69) is 4.72 Å². The smallest absolute Gasteiger partial charge is 0.274 e. The maximum atomic E-state index is 13.9. The number of carbonyl (C=O) groups excluding carboxylic acids is 2. The number of carbonyl (C=O) groups is 2. The first-order chi connectivity index (χ1) is 22.2. The number of hydrogen-bond donors (Lipinski definition) is 1. The lowest BCUT2D eigenvalue weighted by Gasteiger charge is -2.27. The predicted octanol–water partition coefficient (Wildman–Crippen LogP) is 6.59. The molecule has 1 saturated heterocycles. The van der Waals surface area contributed by atoms with E-state index in [4.69, 9.17) is 9.15 Å². The average Bonchev–Trinajstić information content (AvgIpc) is 3.79. The highest BCUT2D eigenvalue weighted by atomic mass is 32.2. The van der Waals surface area contributed by atoms with Gasteiger partial charge in [0.15, 0.2) is 0 Å². The van der Waals surface area contributed by atoms with Gasteiger partial charge in [0.1, 0.15) is 16.6 Å². The molecule has 240 valence electrons. The number of rotatable bonds is 7. The number of furan rings is 1. The molecule has 1 N–H and O–H groups in total. The molecule has 2 aromatic carbocycles. The fraction of sp³-hybridized carbons (Fsp3) is 0.353. The number of thiophene rings is 1. The van der Waals surface area contributed by atoms with Crippen LogP contribution in [0.25, 0.3) is 32.2 Å². The fourth-order valence-corrected chi connectivity index (χ4v) is 9.62. The molecule has 2 aliphatic rings. The van der Waals surface area contributed by atoms with Crippen LogP contribution < -0.4 is 4.72 Å². The molecule has 0 radical (unpaired) electrons. The standard InChI is InChI=1S/C34H34FN3O6S2/c1-21-27-18-25(35)8-10-29(27)45-34(21)46(41,42)36-33(40)23-7-9-26-28(17-23)38(19-30(39)37-12-15-43-16-13-37)32(24-11-14-44-20-24)31(26)22-5-3-2-4-6-22/h7-11,14,17-18,20,22H,2-6,12-13,15-16,19H2,1H3,(H,36,40). The van der Waals surface area contributed by atoms with Crippen molar-refractivity contribution in [3.05, 3.63) is 77.5 Å². The molecule has 1 saturated carbocycles. The Hall–Kier alpha value is -4.00. The van der Waals surface area contributed by atoms with E-state index in [9.17, 15) is 22.4 Å². The number of fused-ring (bicyclic) bond motifs is 2. The number of halogens is 1. The number of morpholine rings is 1. The van der Waals surface area contributed by atoms with Crippen LogP contribution in [0.5, 0.6) is 0 Å². The highest BCUT2D eigenvalue weighted by molar-refractivity contribution is 7.92. The molecule has 4 heterocycles. The molecule has 3 aromatic heterocycles. The van der Waals surface area contributed by atoms with Gasteiger partial charge in [-0.15, -0.1) is 11.3 Å². The van der Waals surface area contributed by atoms with E-state index in [-0.39, 0.29) is 28.1 Å². The summed E-state index contributed by atoms with van der Waals surface area (Å²) in [5.41, 5.74) is 4.06. The van der Waals surface area contributed by atoms with Gasteiger partial charge in [0, 0.05) is 34.3 Å². The zero-order valence-corrected chi connectivity index (χ0v) is 27.0. The van der Waals surface area contributed by atoms with Crippen molar-refractivity contribution in [2.45, 2.75) is 55.7 Å². The molecule has 12 heteroatoms. The molecule has 0 spiro atoms. The number of nitrogens with zero attached hydrogens (tertiary/aromatic N) is 2. The number of sulfonamides is 1. The molecule has 0 bridgehead atoms. The average molecular weight is 664 g/mol. The predicted molar refractivity (Wildman–Crippen MR) is 174 cm³/mol. The van der Waals surface area contributed by atoms with Crippen molar-refractivity contribution in [1.82, 2.24) is 14.2 Å². The summed E-state index contributed by atoms with van der Waals surface area (Å²) in [6.07, 6.45) is 8.71. The number of aromatic nitrogens is 1. The van der Waals surface area contributed by atoms with Crippen molar-refractivity contribution in [3.63, 3.8) is 0 Å². The van der Waals surface area contributed by atoms with E-state index >= 15 is 0 Å². The number of amides is 2. The molecule has 0 unspecified atom stereocenters. The van der Waals surface area contributed by atoms with E-state index in [1.807, 2.05) is 16.7 Å². The second-order valence-corrected chi connectivity index (χ2v) is 14.9. The lowest BCUT2D eigenvalue weighted by Crippen LogP contribution is -2.42. The monoisotopic (exact) mass is 663 g/mol. The maximum absolute atomic E-state index is 13.9. The minimum Gasteiger partial charge on any atom is -0.472 e. The van der Waals surface area contributed by atoms with Gasteiger partial charge in [-0.25, -0.2) is 17.5 Å². The van der Waals surface area contributed by atoms with Gasteiger partial charge in [0.25, 0.3) is 15.9 Å². The molecular formula is C34H34FN3O6S2. The largest absolute Gasteiger partial charge is 0.472 e. The van der Waals surface area contributed by atoms with Crippen molar-refractivity contribution in [3.8, 4) is 11.3 Å². The van der Waals surface area contributed by atoms with E-state index in [1.165, 1.54) is 24.6 Å². The van der Waals surface area contributed by atoms with Crippen LogP contribution in [0.1, 0.15) is 59.5 Å². The van der Waals surface area contributed by atoms with Gasteiger partial charge in [0.2, 0.25) is 5.91 Å². The highest BCUT2D eigenvalue weighted by Crippen LogP contribution is 2.44. The Kier molecular flexibility index (Phi) is 8.20. The summed E-state index contributed by atoms with van der Waals surface area (Å²) >= 11 is 0.988. The molecule has 0 atom stereocenters. The molecule has 46 heavy (non-hydrogen) atoms. The summed E-state index contributed by atoms with van der Waals surface area (Å²) in [5.74, 6) is -1.05. The first-order valence-electron chi connectivity index (χ1n) is 15.5. The van der Waals surface area contributed by atoms with Gasteiger partial charge >= 0.3 is 0 Å². The number of ether oxygens (including phenoxy) is 1. The SMILES string of the molecule is Cc1c(S(=O)(=O)NC(=O)c2ccc3c(C4CCCCC4)c(-c4ccoc4)n(CC(=O)N4CCOCC4)c3c2)sc2ccc(F)cc12. The zero-order chi connectivity index (χ0) is 32.0. The molecule has 1 aliphatic heterocycles.